The number of rotatable bonds is 2. The first kappa shape index (κ1) is 40.4. The lowest BCUT2D eigenvalue weighted by atomic mass is 9.82. The number of nitrogens with zero attached hydrogens (tertiary/aromatic N) is 5. The topological polar surface area (TPSA) is 44.8 Å². The zero-order chi connectivity index (χ0) is 43.6. The maximum Gasteiger partial charge on any atom is 0.135 e. The average Bonchev–Trinajstić information content (AvgIpc) is 3.68. The van der Waals surface area contributed by atoms with Crippen LogP contribution in [0.25, 0.3) is 81.9 Å². The van der Waals surface area contributed by atoms with Crippen LogP contribution in [0.5, 0.6) is 0 Å². The Morgan fingerprint density at radius 1 is 0.485 bits per heavy atom. The number of furan rings is 1. The molecule has 7 aliphatic heterocycles. The van der Waals surface area contributed by atoms with Crippen LogP contribution in [0.1, 0.15) is 141 Å². The molecule has 6 bridgehead atoms. The summed E-state index contributed by atoms with van der Waals surface area (Å²) in [7, 11) is 0. The van der Waals surface area contributed by atoms with Gasteiger partial charge in [0.15, 0.2) is 0 Å². The molecule has 4 fully saturated rings. The zero-order valence-electron chi connectivity index (χ0n) is 38.7. The standard InChI is InChI=1S/C59H64N6O/c1-2-7-24-59(26-27-60-59)25-19-53-47(14-3-1)48-35-42-11-4-8-28-61(31-20-42)32-21-54(48)64(53)45-15-17-57-51(38-45)52-39-46(16-18-58(52)66-57)65-55-22-33-62-29-9-5-12-43(40-62)36-49(55)50-37-44-13-6-10-30-63(41-44)34-23-56(50)65/h3,14-19,21-23,25,32-39,60H,1-2,4-13,20,24,26-31,40-41H2/b14-3+,25-19-,32-21-,33-22-,34-23-,42-35-,43-36-,44-37-. The summed E-state index contributed by atoms with van der Waals surface area (Å²) in [6.45, 7) is 7.56. The SMILES string of the molecule is C1=C\N2CCCC/C(=C/c3c4c(n(-c5ccc6oc7ccc(-n8c9c(c%10c8/C=C\C8(CCCC/C=C/%10)CCN8)/C=C8/CCCCN(/C=C\9)CC8)cc7c6c5)c3/1)/C=C\N1CCCC/C(=C/4)C1)C2. The van der Waals surface area contributed by atoms with Gasteiger partial charge in [-0.15, -0.1) is 0 Å². The molecule has 0 radical (unpaired) electrons. The van der Waals surface area contributed by atoms with Crippen LogP contribution in [-0.4, -0.2) is 75.2 Å². The Morgan fingerprint density at radius 2 is 1.03 bits per heavy atom. The molecule has 4 saturated heterocycles. The van der Waals surface area contributed by atoms with Crippen LogP contribution in [0, 0.1) is 0 Å². The maximum atomic E-state index is 6.75. The van der Waals surface area contributed by atoms with E-state index in [4.69, 9.17) is 4.42 Å². The largest absolute Gasteiger partial charge is 0.456 e. The first-order chi connectivity index (χ1) is 32.6. The van der Waals surface area contributed by atoms with Gasteiger partial charge in [0, 0.05) is 108 Å². The minimum absolute atomic E-state index is 0.0766. The van der Waals surface area contributed by atoms with Crippen LogP contribution in [0.2, 0.25) is 0 Å². The van der Waals surface area contributed by atoms with Crippen molar-refractivity contribution in [3.8, 4) is 11.4 Å². The minimum atomic E-state index is 0.0766. The Morgan fingerprint density at radius 3 is 1.64 bits per heavy atom. The molecule has 10 heterocycles. The van der Waals surface area contributed by atoms with Crippen LogP contribution in [0.15, 0.2) is 88.3 Å². The summed E-state index contributed by atoms with van der Waals surface area (Å²) >= 11 is 0. The third-order valence-corrected chi connectivity index (χ3v) is 16.2. The molecule has 5 aromatic rings. The lowest BCUT2D eigenvalue weighted by Crippen LogP contribution is -2.55. The molecule has 66 heavy (non-hydrogen) atoms. The van der Waals surface area contributed by atoms with Crippen molar-refractivity contribution < 1.29 is 4.42 Å². The van der Waals surface area contributed by atoms with Crippen molar-refractivity contribution in [1.82, 2.24) is 29.2 Å². The number of allylic oxidation sites excluding steroid dienone is 1. The fourth-order valence-corrected chi connectivity index (χ4v) is 12.5. The number of hydrogen-bond donors (Lipinski definition) is 1. The Balaban J connectivity index is 1.02. The molecule has 1 N–H and O–H groups in total. The summed E-state index contributed by atoms with van der Waals surface area (Å²) in [6.07, 6.45) is 50.1. The summed E-state index contributed by atoms with van der Waals surface area (Å²) < 4.78 is 11.9. The van der Waals surface area contributed by atoms with Gasteiger partial charge in [-0.25, -0.2) is 0 Å². The van der Waals surface area contributed by atoms with E-state index in [1.54, 1.807) is 16.7 Å². The van der Waals surface area contributed by atoms with E-state index in [2.05, 4.69) is 145 Å². The zero-order valence-corrected chi connectivity index (χ0v) is 38.7. The molecule has 0 amide bonds. The monoisotopic (exact) mass is 873 g/mol. The summed E-state index contributed by atoms with van der Waals surface area (Å²) in [6, 6.07) is 13.9. The van der Waals surface area contributed by atoms with Crippen LogP contribution in [0.4, 0.5) is 0 Å². The number of nitrogens with one attached hydrogen (secondary N) is 1. The minimum Gasteiger partial charge on any atom is -0.456 e. The summed E-state index contributed by atoms with van der Waals surface area (Å²) in [5, 5.41) is 6.17. The van der Waals surface area contributed by atoms with Gasteiger partial charge in [0.25, 0.3) is 0 Å². The van der Waals surface area contributed by atoms with Crippen LogP contribution < -0.4 is 5.32 Å². The molecule has 7 nitrogen and oxygen atoms in total. The first-order valence-electron chi connectivity index (χ1n) is 25.6. The third-order valence-electron chi connectivity index (χ3n) is 16.2. The third kappa shape index (κ3) is 7.29. The van der Waals surface area contributed by atoms with Crippen molar-refractivity contribution in [1.29, 1.82) is 0 Å². The lowest BCUT2D eigenvalue weighted by molar-refractivity contribution is 0.248. The number of aromatic nitrogens is 2. The van der Waals surface area contributed by atoms with E-state index >= 15 is 0 Å². The molecule has 7 heteroatoms. The highest BCUT2D eigenvalue weighted by Gasteiger charge is 2.34. The van der Waals surface area contributed by atoms with E-state index in [-0.39, 0.29) is 5.54 Å². The maximum absolute atomic E-state index is 6.75. The molecule has 13 rings (SSSR count). The molecule has 3 aromatic heterocycles. The van der Waals surface area contributed by atoms with Gasteiger partial charge < -0.3 is 33.6 Å². The van der Waals surface area contributed by atoms with Gasteiger partial charge in [0.2, 0.25) is 0 Å². The molecule has 8 aliphatic rings. The van der Waals surface area contributed by atoms with Gasteiger partial charge in [-0.05, 0) is 157 Å². The smallest absolute Gasteiger partial charge is 0.135 e. The summed E-state index contributed by atoms with van der Waals surface area (Å²) in [4.78, 5) is 7.63. The molecular formula is C59H64N6O. The second-order valence-corrected chi connectivity index (χ2v) is 20.6. The molecule has 1 unspecified atom stereocenters. The summed E-state index contributed by atoms with van der Waals surface area (Å²) in [5.41, 5.74) is 19.4. The van der Waals surface area contributed by atoms with Crippen LogP contribution in [0.3, 0.4) is 0 Å². The van der Waals surface area contributed by atoms with Gasteiger partial charge in [0.1, 0.15) is 11.2 Å². The van der Waals surface area contributed by atoms with Crippen molar-refractivity contribution in [3.63, 3.8) is 0 Å². The van der Waals surface area contributed by atoms with Gasteiger partial charge >= 0.3 is 0 Å². The van der Waals surface area contributed by atoms with Gasteiger partial charge in [-0.2, -0.15) is 0 Å². The highest BCUT2D eigenvalue weighted by Crippen LogP contribution is 2.42. The molecule has 2 aromatic carbocycles. The van der Waals surface area contributed by atoms with Crippen molar-refractivity contribution >= 4 is 70.5 Å². The lowest BCUT2D eigenvalue weighted by Gasteiger charge is -2.41. The predicted molar refractivity (Wildman–Crippen MR) is 276 cm³/mol. The van der Waals surface area contributed by atoms with Crippen molar-refractivity contribution in [3.05, 3.63) is 129 Å². The highest BCUT2D eigenvalue weighted by molar-refractivity contribution is 6.06. The fraction of sp³-hybridized carbons (Fsp3) is 0.390. The van der Waals surface area contributed by atoms with Crippen molar-refractivity contribution in [2.75, 3.05) is 45.8 Å². The quantitative estimate of drug-likeness (QED) is 0.191. The van der Waals surface area contributed by atoms with E-state index in [1.807, 2.05) is 0 Å². The average molecular weight is 873 g/mol. The van der Waals surface area contributed by atoms with E-state index in [0.29, 0.717) is 0 Å². The first-order valence-corrected chi connectivity index (χ1v) is 25.6. The van der Waals surface area contributed by atoms with E-state index in [1.165, 1.54) is 140 Å². The Labute approximate surface area is 390 Å². The second-order valence-electron chi connectivity index (χ2n) is 20.6. The molecule has 336 valence electrons. The summed E-state index contributed by atoms with van der Waals surface area (Å²) in [5.74, 6) is 0. The van der Waals surface area contributed by atoms with E-state index < -0.39 is 0 Å². The fourth-order valence-electron chi connectivity index (χ4n) is 12.5. The number of fused-ring (bicyclic) bond motifs is 16. The predicted octanol–water partition coefficient (Wildman–Crippen LogP) is 13.5. The van der Waals surface area contributed by atoms with Gasteiger partial charge in [0.05, 0.1) is 22.8 Å². The van der Waals surface area contributed by atoms with Crippen LogP contribution in [-0.2, 0) is 0 Å². The van der Waals surface area contributed by atoms with E-state index in [0.717, 1.165) is 80.6 Å². The van der Waals surface area contributed by atoms with Gasteiger partial charge in [-0.1, -0.05) is 59.6 Å². The normalized spacial score (nSPS) is 27.7. The Kier molecular flexibility index (Phi) is 10.2. The Hall–Kier alpha value is -5.92. The van der Waals surface area contributed by atoms with Crippen LogP contribution >= 0.6 is 0 Å². The van der Waals surface area contributed by atoms with Gasteiger partial charge in [-0.3, -0.25) is 0 Å². The number of benzene rings is 2. The van der Waals surface area contributed by atoms with Crippen molar-refractivity contribution in [2.24, 2.45) is 0 Å². The highest BCUT2D eigenvalue weighted by atomic mass is 16.3. The molecule has 1 spiro atoms. The second kappa shape index (κ2) is 16.7. The van der Waals surface area contributed by atoms with Crippen molar-refractivity contribution in [2.45, 2.75) is 102 Å². The Bertz CT molecular complexity index is 2930. The molecule has 1 aliphatic carbocycles. The molecule has 1 atom stereocenters. The number of hydrogen-bond acceptors (Lipinski definition) is 5. The molecule has 0 saturated carbocycles. The molecular weight excluding hydrogens is 809 g/mol. The van der Waals surface area contributed by atoms with E-state index in [9.17, 15) is 0 Å².